The third-order valence-corrected chi connectivity index (χ3v) is 6.11. The van der Waals surface area contributed by atoms with Gasteiger partial charge in [0, 0.05) is 28.8 Å². The summed E-state index contributed by atoms with van der Waals surface area (Å²) in [7, 11) is 0. The minimum absolute atomic E-state index is 0.0679. The van der Waals surface area contributed by atoms with E-state index in [-0.39, 0.29) is 11.7 Å². The lowest BCUT2D eigenvalue weighted by molar-refractivity contribution is -0.121. The van der Waals surface area contributed by atoms with Crippen LogP contribution >= 0.6 is 11.3 Å². The molecule has 0 saturated carbocycles. The van der Waals surface area contributed by atoms with E-state index in [1.807, 2.05) is 35.7 Å². The molecular weight excluding hydrogens is 385 g/mol. The molecule has 2 heterocycles. The molecule has 2 aromatic carbocycles. The number of amides is 1. The van der Waals surface area contributed by atoms with E-state index < -0.39 is 0 Å². The number of aromatic nitrogens is 2. The lowest BCUT2D eigenvalue weighted by Crippen LogP contribution is -2.22. The van der Waals surface area contributed by atoms with Crippen LogP contribution in [0.4, 0.5) is 4.39 Å². The summed E-state index contributed by atoms with van der Waals surface area (Å²) < 4.78 is 15.1. The van der Waals surface area contributed by atoms with Gasteiger partial charge in [0.05, 0.1) is 12.2 Å². The summed E-state index contributed by atoms with van der Waals surface area (Å²) in [4.78, 5) is 18.8. The van der Waals surface area contributed by atoms with Crippen LogP contribution in [0.25, 0.3) is 16.2 Å². The van der Waals surface area contributed by atoms with Crippen molar-refractivity contribution in [2.24, 2.45) is 0 Å². The van der Waals surface area contributed by atoms with Gasteiger partial charge in [-0.3, -0.25) is 9.20 Å². The molecule has 6 heteroatoms. The van der Waals surface area contributed by atoms with E-state index >= 15 is 0 Å². The normalized spacial score (nSPS) is 11.1. The van der Waals surface area contributed by atoms with Crippen molar-refractivity contribution in [3.05, 3.63) is 82.7 Å². The van der Waals surface area contributed by atoms with Gasteiger partial charge in [-0.05, 0) is 49.6 Å². The fraction of sp³-hybridized carbons (Fsp3) is 0.217. The van der Waals surface area contributed by atoms with Crippen LogP contribution in [0.1, 0.15) is 29.0 Å². The third-order valence-electron chi connectivity index (χ3n) is 4.95. The molecule has 0 saturated heterocycles. The number of nitrogens with one attached hydrogen (secondary N) is 1. The van der Waals surface area contributed by atoms with Crippen LogP contribution in [0.15, 0.2) is 60.8 Å². The van der Waals surface area contributed by atoms with E-state index in [9.17, 15) is 9.18 Å². The first-order valence-corrected chi connectivity index (χ1v) is 10.5. The van der Waals surface area contributed by atoms with Gasteiger partial charge in [0.1, 0.15) is 5.82 Å². The summed E-state index contributed by atoms with van der Waals surface area (Å²) in [6.45, 7) is 2.53. The maximum Gasteiger partial charge on any atom is 0.220 e. The van der Waals surface area contributed by atoms with Gasteiger partial charge < -0.3 is 5.32 Å². The van der Waals surface area contributed by atoms with Crippen molar-refractivity contribution in [1.29, 1.82) is 0 Å². The highest BCUT2D eigenvalue weighted by molar-refractivity contribution is 7.17. The van der Waals surface area contributed by atoms with Gasteiger partial charge in [0.2, 0.25) is 5.91 Å². The molecule has 29 heavy (non-hydrogen) atoms. The van der Waals surface area contributed by atoms with E-state index in [1.54, 1.807) is 23.5 Å². The first-order valence-electron chi connectivity index (χ1n) is 9.64. The van der Waals surface area contributed by atoms with Gasteiger partial charge in [-0.15, -0.1) is 0 Å². The Morgan fingerprint density at radius 1 is 1.14 bits per heavy atom. The molecule has 0 fully saturated rings. The zero-order chi connectivity index (χ0) is 20.2. The SMILES string of the molecule is Cc1c(CNC(=O)CCCc2ccccc2)sc2nc(-c3ccc(F)cc3)cn12. The maximum atomic E-state index is 13.1. The Balaban J connectivity index is 1.34. The summed E-state index contributed by atoms with van der Waals surface area (Å²) in [5, 5.41) is 3.02. The number of benzene rings is 2. The summed E-state index contributed by atoms with van der Waals surface area (Å²) >= 11 is 1.57. The second kappa shape index (κ2) is 8.57. The van der Waals surface area contributed by atoms with Gasteiger partial charge in [0.25, 0.3) is 0 Å². The minimum atomic E-state index is -0.257. The van der Waals surface area contributed by atoms with Crippen LogP contribution in [-0.2, 0) is 17.8 Å². The second-order valence-corrected chi connectivity index (χ2v) is 8.07. The highest BCUT2D eigenvalue weighted by Crippen LogP contribution is 2.27. The first-order chi connectivity index (χ1) is 14.1. The number of carbonyl (C=O) groups excluding carboxylic acids is 1. The standard InChI is InChI=1S/C23H22FN3OS/c1-16-21(14-25-22(28)9-5-8-17-6-3-2-4-7-17)29-23-26-20(15-27(16)23)18-10-12-19(24)13-11-18/h2-4,6-7,10-13,15H,5,8-9,14H2,1H3,(H,25,28). The molecule has 4 nitrogen and oxygen atoms in total. The molecule has 0 atom stereocenters. The van der Waals surface area contributed by atoms with E-state index in [2.05, 4.69) is 22.4 Å². The quantitative estimate of drug-likeness (QED) is 0.461. The molecule has 0 aliphatic rings. The van der Waals surface area contributed by atoms with Crippen molar-refractivity contribution in [2.45, 2.75) is 32.7 Å². The smallest absolute Gasteiger partial charge is 0.220 e. The molecule has 4 rings (SSSR count). The lowest BCUT2D eigenvalue weighted by Gasteiger charge is -2.05. The van der Waals surface area contributed by atoms with Crippen LogP contribution in [-0.4, -0.2) is 15.3 Å². The number of aryl methyl sites for hydroxylation is 2. The highest BCUT2D eigenvalue weighted by Gasteiger charge is 2.13. The van der Waals surface area contributed by atoms with Crippen LogP contribution in [0, 0.1) is 12.7 Å². The molecule has 0 bridgehead atoms. The van der Waals surface area contributed by atoms with Crippen molar-refractivity contribution in [3.8, 4) is 11.3 Å². The van der Waals surface area contributed by atoms with E-state index in [0.717, 1.165) is 39.6 Å². The Morgan fingerprint density at radius 3 is 2.62 bits per heavy atom. The monoisotopic (exact) mass is 407 g/mol. The molecule has 2 aromatic heterocycles. The fourth-order valence-electron chi connectivity index (χ4n) is 3.28. The Hall–Kier alpha value is -2.99. The third kappa shape index (κ3) is 4.54. The van der Waals surface area contributed by atoms with Crippen LogP contribution in [0.3, 0.4) is 0 Å². The van der Waals surface area contributed by atoms with E-state index in [4.69, 9.17) is 0 Å². The minimum Gasteiger partial charge on any atom is -0.351 e. The molecule has 0 spiro atoms. The number of thiazole rings is 1. The maximum absolute atomic E-state index is 13.1. The predicted octanol–water partition coefficient (Wildman–Crippen LogP) is 5.15. The number of fused-ring (bicyclic) bond motifs is 1. The molecule has 148 valence electrons. The van der Waals surface area contributed by atoms with Gasteiger partial charge in [0.15, 0.2) is 4.96 Å². The summed E-state index contributed by atoms with van der Waals surface area (Å²) in [6.07, 6.45) is 4.22. The molecule has 0 aliphatic carbocycles. The predicted molar refractivity (Wildman–Crippen MR) is 114 cm³/mol. The summed E-state index contributed by atoms with van der Waals surface area (Å²) in [6, 6.07) is 16.6. The zero-order valence-electron chi connectivity index (χ0n) is 16.2. The first kappa shape index (κ1) is 19.3. The molecule has 0 aliphatic heterocycles. The second-order valence-electron chi connectivity index (χ2n) is 7.01. The Bertz CT molecular complexity index is 1120. The average molecular weight is 408 g/mol. The van der Waals surface area contributed by atoms with Crippen LogP contribution < -0.4 is 5.32 Å². The Morgan fingerprint density at radius 2 is 1.90 bits per heavy atom. The highest BCUT2D eigenvalue weighted by atomic mass is 32.1. The molecule has 1 N–H and O–H groups in total. The van der Waals surface area contributed by atoms with Crippen molar-refractivity contribution in [3.63, 3.8) is 0 Å². The lowest BCUT2D eigenvalue weighted by atomic mass is 10.1. The van der Waals surface area contributed by atoms with Gasteiger partial charge in [-0.1, -0.05) is 41.7 Å². The number of halogens is 1. The van der Waals surface area contributed by atoms with Gasteiger partial charge >= 0.3 is 0 Å². The van der Waals surface area contributed by atoms with Crippen LogP contribution in [0.2, 0.25) is 0 Å². The van der Waals surface area contributed by atoms with Crippen molar-refractivity contribution < 1.29 is 9.18 Å². The summed E-state index contributed by atoms with van der Waals surface area (Å²) in [5.74, 6) is -0.189. The number of carbonyl (C=O) groups is 1. The van der Waals surface area contributed by atoms with Gasteiger partial charge in [-0.25, -0.2) is 9.37 Å². The zero-order valence-corrected chi connectivity index (χ0v) is 17.0. The molecule has 4 aromatic rings. The summed E-state index contributed by atoms with van der Waals surface area (Å²) in [5.41, 5.74) is 4.02. The van der Waals surface area contributed by atoms with Crippen LogP contribution in [0.5, 0.6) is 0 Å². The molecule has 0 radical (unpaired) electrons. The topological polar surface area (TPSA) is 46.4 Å². The molecule has 0 unspecified atom stereocenters. The largest absolute Gasteiger partial charge is 0.351 e. The van der Waals surface area contributed by atoms with Crippen molar-refractivity contribution in [2.75, 3.05) is 0 Å². The number of nitrogens with zero attached hydrogens (tertiary/aromatic N) is 2. The van der Waals surface area contributed by atoms with Crippen molar-refractivity contribution in [1.82, 2.24) is 14.7 Å². The Labute approximate surface area is 173 Å². The Kier molecular flexibility index (Phi) is 5.71. The van der Waals surface area contributed by atoms with E-state index in [1.165, 1.54) is 17.7 Å². The average Bonchev–Trinajstić information content (AvgIpc) is 3.27. The molecule has 1 amide bonds. The van der Waals surface area contributed by atoms with E-state index in [0.29, 0.717) is 13.0 Å². The number of rotatable bonds is 7. The van der Waals surface area contributed by atoms with Gasteiger partial charge in [-0.2, -0.15) is 0 Å². The number of hydrogen-bond acceptors (Lipinski definition) is 3. The molecular formula is C23H22FN3OS. The fourth-order valence-corrected chi connectivity index (χ4v) is 4.33. The van der Waals surface area contributed by atoms with Crippen molar-refractivity contribution >= 4 is 22.2 Å². The number of imidazole rings is 1. The number of hydrogen-bond donors (Lipinski definition) is 1.